The average molecular weight is 355 g/mol. The molecule has 0 saturated carbocycles. The zero-order chi connectivity index (χ0) is 18.5. The molecule has 0 aliphatic heterocycles. The van der Waals surface area contributed by atoms with Gasteiger partial charge >= 0.3 is 0 Å². The standard InChI is InChI=1S/C18H30N2O3S/c1-7-20(8-2)18(21)13-17(15(4)24(22,23)19(5)6)16-11-9-10-14(3)12-16/h9-12,15,17H,7-8,13H2,1-6H3/t15-,17-/m0/s1. The fourth-order valence-electron chi connectivity index (χ4n) is 2.89. The Balaban J connectivity index is 3.25. The number of hydrogen-bond acceptors (Lipinski definition) is 3. The summed E-state index contributed by atoms with van der Waals surface area (Å²) in [7, 11) is -0.393. The summed E-state index contributed by atoms with van der Waals surface area (Å²) in [5.41, 5.74) is 1.95. The van der Waals surface area contributed by atoms with Crippen LogP contribution in [0, 0.1) is 6.92 Å². The summed E-state index contributed by atoms with van der Waals surface area (Å²) in [6.07, 6.45) is 0.194. The maximum atomic E-state index is 12.6. The van der Waals surface area contributed by atoms with Gasteiger partial charge < -0.3 is 4.90 Å². The van der Waals surface area contributed by atoms with E-state index in [-0.39, 0.29) is 18.2 Å². The van der Waals surface area contributed by atoms with Gasteiger partial charge in [0.15, 0.2) is 0 Å². The van der Waals surface area contributed by atoms with Crippen molar-refractivity contribution < 1.29 is 13.2 Å². The Kier molecular flexibility index (Phi) is 7.42. The number of carbonyl (C=O) groups excluding carboxylic acids is 1. The van der Waals surface area contributed by atoms with E-state index in [1.54, 1.807) is 11.8 Å². The van der Waals surface area contributed by atoms with Crippen molar-refractivity contribution in [3.05, 3.63) is 35.4 Å². The number of carbonyl (C=O) groups is 1. The van der Waals surface area contributed by atoms with Gasteiger partial charge in [-0.2, -0.15) is 0 Å². The Morgan fingerprint density at radius 1 is 1.17 bits per heavy atom. The summed E-state index contributed by atoms with van der Waals surface area (Å²) >= 11 is 0. The van der Waals surface area contributed by atoms with Crippen molar-refractivity contribution in [3.8, 4) is 0 Å². The van der Waals surface area contributed by atoms with Gasteiger partial charge in [0.1, 0.15) is 0 Å². The zero-order valence-corrected chi connectivity index (χ0v) is 16.4. The summed E-state index contributed by atoms with van der Waals surface area (Å²) in [5.74, 6) is -0.377. The van der Waals surface area contributed by atoms with Gasteiger partial charge in [-0.15, -0.1) is 0 Å². The molecule has 1 rings (SSSR count). The van der Waals surface area contributed by atoms with Crippen LogP contribution < -0.4 is 0 Å². The van der Waals surface area contributed by atoms with Crippen molar-refractivity contribution in [1.82, 2.24) is 9.21 Å². The maximum Gasteiger partial charge on any atom is 0.223 e. The number of benzene rings is 1. The molecule has 136 valence electrons. The van der Waals surface area contributed by atoms with Crippen LogP contribution >= 0.6 is 0 Å². The highest BCUT2D eigenvalue weighted by Crippen LogP contribution is 2.30. The van der Waals surface area contributed by atoms with E-state index in [0.29, 0.717) is 13.1 Å². The minimum atomic E-state index is -3.46. The fourth-order valence-corrected chi connectivity index (χ4v) is 4.22. The van der Waals surface area contributed by atoms with Gasteiger partial charge in [-0.1, -0.05) is 29.8 Å². The van der Waals surface area contributed by atoms with E-state index < -0.39 is 15.3 Å². The summed E-state index contributed by atoms with van der Waals surface area (Å²) in [6, 6.07) is 7.77. The Morgan fingerprint density at radius 2 is 1.75 bits per heavy atom. The highest BCUT2D eigenvalue weighted by molar-refractivity contribution is 7.89. The van der Waals surface area contributed by atoms with E-state index in [0.717, 1.165) is 11.1 Å². The Labute approximate surface area is 146 Å². The molecule has 0 radical (unpaired) electrons. The van der Waals surface area contributed by atoms with Crippen LogP contribution in [0.1, 0.15) is 44.2 Å². The lowest BCUT2D eigenvalue weighted by Gasteiger charge is -2.29. The van der Waals surface area contributed by atoms with Gasteiger partial charge in [0, 0.05) is 39.5 Å². The quantitative estimate of drug-likeness (QED) is 0.721. The van der Waals surface area contributed by atoms with Crippen LogP contribution in [0.2, 0.25) is 0 Å². The number of rotatable bonds is 8. The third-order valence-electron chi connectivity index (χ3n) is 4.53. The van der Waals surface area contributed by atoms with Gasteiger partial charge in [0.05, 0.1) is 5.25 Å². The van der Waals surface area contributed by atoms with Crippen LogP contribution in [0.15, 0.2) is 24.3 Å². The molecule has 0 aromatic heterocycles. The van der Waals surface area contributed by atoms with E-state index in [1.165, 1.54) is 18.4 Å². The van der Waals surface area contributed by atoms with Crippen molar-refractivity contribution in [3.63, 3.8) is 0 Å². The highest BCUT2D eigenvalue weighted by Gasteiger charge is 2.34. The van der Waals surface area contributed by atoms with Crippen molar-refractivity contribution in [1.29, 1.82) is 0 Å². The molecular weight excluding hydrogens is 324 g/mol. The number of sulfonamides is 1. The third-order valence-corrected chi connectivity index (χ3v) is 6.81. The Bertz CT molecular complexity index is 652. The molecule has 0 heterocycles. The van der Waals surface area contributed by atoms with Crippen LogP contribution in [-0.4, -0.2) is 56.0 Å². The molecule has 5 nitrogen and oxygen atoms in total. The number of hydrogen-bond donors (Lipinski definition) is 0. The minimum Gasteiger partial charge on any atom is -0.343 e. The van der Waals surface area contributed by atoms with Gasteiger partial charge in [0.25, 0.3) is 0 Å². The largest absolute Gasteiger partial charge is 0.343 e. The summed E-state index contributed by atoms with van der Waals surface area (Å²) < 4.78 is 26.5. The lowest BCUT2D eigenvalue weighted by molar-refractivity contribution is -0.131. The van der Waals surface area contributed by atoms with Gasteiger partial charge in [0.2, 0.25) is 15.9 Å². The van der Waals surface area contributed by atoms with E-state index in [1.807, 2.05) is 45.0 Å². The lowest BCUT2D eigenvalue weighted by atomic mass is 9.91. The smallest absolute Gasteiger partial charge is 0.223 e. The molecule has 2 atom stereocenters. The fraction of sp³-hybridized carbons (Fsp3) is 0.611. The molecule has 1 amide bonds. The van der Waals surface area contributed by atoms with Gasteiger partial charge in [-0.3, -0.25) is 4.79 Å². The summed E-state index contributed by atoms with van der Waals surface area (Å²) in [4.78, 5) is 14.3. The minimum absolute atomic E-state index is 0.00712. The topological polar surface area (TPSA) is 57.7 Å². The zero-order valence-electron chi connectivity index (χ0n) is 15.6. The summed E-state index contributed by atoms with van der Waals surface area (Å²) in [6.45, 7) is 8.79. The predicted molar refractivity (Wildman–Crippen MR) is 98.5 cm³/mol. The Morgan fingerprint density at radius 3 is 2.21 bits per heavy atom. The molecule has 0 fully saturated rings. The van der Waals surface area contributed by atoms with Crippen molar-refractivity contribution in [2.75, 3.05) is 27.2 Å². The molecule has 0 bridgehead atoms. The van der Waals surface area contributed by atoms with Crippen LogP contribution in [-0.2, 0) is 14.8 Å². The molecule has 1 aromatic carbocycles. The monoisotopic (exact) mass is 354 g/mol. The third kappa shape index (κ3) is 4.80. The second-order valence-electron chi connectivity index (χ2n) is 6.32. The van der Waals surface area contributed by atoms with E-state index in [4.69, 9.17) is 0 Å². The maximum absolute atomic E-state index is 12.6. The molecule has 0 aliphatic rings. The van der Waals surface area contributed by atoms with Crippen molar-refractivity contribution in [2.45, 2.75) is 45.3 Å². The molecule has 24 heavy (non-hydrogen) atoms. The normalized spacial score (nSPS) is 14.5. The van der Waals surface area contributed by atoms with Gasteiger partial charge in [-0.25, -0.2) is 12.7 Å². The summed E-state index contributed by atoms with van der Waals surface area (Å²) in [5, 5.41) is -0.672. The lowest BCUT2D eigenvalue weighted by Crippen LogP contribution is -2.39. The first-order chi connectivity index (χ1) is 11.1. The first-order valence-corrected chi connectivity index (χ1v) is 9.91. The molecule has 6 heteroatoms. The van der Waals surface area contributed by atoms with E-state index in [2.05, 4.69) is 0 Å². The predicted octanol–water partition coefficient (Wildman–Crippen LogP) is 2.62. The highest BCUT2D eigenvalue weighted by atomic mass is 32.2. The van der Waals surface area contributed by atoms with E-state index >= 15 is 0 Å². The number of nitrogens with zero attached hydrogens (tertiary/aromatic N) is 2. The van der Waals surface area contributed by atoms with Gasteiger partial charge in [-0.05, 0) is 33.3 Å². The average Bonchev–Trinajstić information content (AvgIpc) is 2.52. The van der Waals surface area contributed by atoms with Crippen LogP contribution in [0.4, 0.5) is 0 Å². The number of aryl methyl sites for hydroxylation is 1. The SMILES string of the molecule is CCN(CC)C(=O)C[C@H](c1cccc(C)c1)[C@H](C)S(=O)(=O)N(C)C. The molecule has 0 aliphatic carbocycles. The Hall–Kier alpha value is -1.40. The molecular formula is C18H30N2O3S. The molecule has 0 spiro atoms. The van der Waals surface area contributed by atoms with Crippen LogP contribution in [0.25, 0.3) is 0 Å². The van der Waals surface area contributed by atoms with Crippen molar-refractivity contribution >= 4 is 15.9 Å². The molecule has 0 N–H and O–H groups in total. The second-order valence-corrected chi connectivity index (χ2v) is 8.83. The van der Waals surface area contributed by atoms with Crippen molar-refractivity contribution in [2.24, 2.45) is 0 Å². The van der Waals surface area contributed by atoms with Crippen LogP contribution in [0.3, 0.4) is 0 Å². The van der Waals surface area contributed by atoms with E-state index in [9.17, 15) is 13.2 Å². The first kappa shape index (κ1) is 20.6. The molecule has 1 aromatic rings. The number of amides is 1. The molecule has 0 unspecified atom stereocenters. The molecule has 0 saturated heterocycles. The van der Waals surface area contributed by atoms with Crippen LogP contribution in [0.5, 0.6) is 0 Å². The second kappa shape index (κ2) is 8.62. The first-order valence-electron chi connectivity index (χ1n) is 8.40.